The number of nitro benzene ring substituents is 1. The van der Waals surface area contributed by atoms with Crippen LogP contribution in [0, 0.1) is 28.4 Å². The molecule has 0 aliphatic carbocycles. The summed E-state index contributed by atoms with van der Waals surface area (Å²) in [6, 6.07) is 4.87. The lowest BCUT2D eigenvalue weighted by atomic mass is 10.2. The van der Waals surface area contributed by atoms with Crippen LogP contribution in [0.1, 0.15) is 18.9 Å². The molecule has 0 aliphatic heterocycles. The highest BCUT2D eigenvalue weighted by atomic mass is 32.2. The molecule has 0 aliphatic rings. The summed E-state index contributed by atoms with van der Waals surface area (Å²) in [5.74, 6) is 0. The Morgan fingerprint density at radius 3 is 2.63 bits per heavy atom. The summed E-state index contributed by atoms with van der Waals surface area (Å²) in [7, 11) is -4.10. The van der Waals surface area contributed by atoms with E-state index in [2.05, 4.69) is 4.72 Å². The van der Waals surface area contributed by atoms with Gasteiger partial charge in [0, 0.05) is 6.07 Å². The fraction of sp³-hybridized carbons (Fsp3) is 0.364. The third kappa shape index (κ3) is 3.27. The number of nitrogens with one attached hydrogen (secondary N) is 1. The van der Waals surface area contributed by atoms with Gasteiger partial charge in [-0.1, -0.05) is 19.1 Å². The van der Waals surface area contributed by atoms with E-state index in [0.29, 0.717) is 0 Å². The highest BCUT2D eigenvalue weighted by molar-refractivity contribution is 7.89. The Morgan fingerprint density at radius 1 is 1.53 bits per heavy atom. The summed E-state index contributed by atoms with van der Waals surface area (Å²) in [6.45, 7) is 3.11. The minimum absolute atomic E-state index is 0.259. The van der Waals surface area contributed by atoms with E-state index < -0.39 is 31.6 Å². The van der Waals surface area contributed by atoms with Crippen molar-refractivity contribution >= 4 is 15.7 Å². The molecule has 19 heavy (non-hydrogen) atoms. The summed E-state index contributed by atoms with van der Waals surface area (Å²) in [6.07, 6.45) is 0.273. The van der Waals surface area contributed by atoms with Gasteiger partial charge in [-0.2, -0.15) is 9.98 Å². The predicted octanol–water partition coefficient (Wildman–Crippen LogP) is 1.48. The Kier molecular flexibility index (Phi) is 4.58. The van der Waals surface area contributed by atoms with E-state index in [9.17, 15) is 18.5 Å². The van der Waals surface area contributed by atoms with Crippen LogP contribution in [0.2, 0.25) is 0 Å². The predicted molar refractivity (Wildman–Crippen MR) is 67.8 cm³/mol. The maximum Gasteiger partial charge on any atom is 0.289 e. The van der Waals surface area contributed by atoms with Gasteiger partial charge in [-0.25, -0.2) is 8.42 Å². The Morgan fingerprint density at radius 2 is 2.16 bits per heavy atom. The molecular formula is C11H13N3O4S. The van der Waals surface area contributed by atoms with Gasteiger partial charge in [0.15, 0.2) is 4.90 Å². The van der Waals surface area contributed by atoms with Gasteiger partial charge in [0.05, 0.1) is 11.0 Å². The van der Waals surface area contributed by atoms with Crippen molar-refractivity contribution in [2.45, 2.75) is 31.2 Å². The van der Waals surface area contributed by atoms with Crippen molar-refractivity contribution < 1.29 is 13.3 Å². The largest absolute Gasteiger partial charge is 0.289 e. The van der Waals surface area contributed by atoms with E-state index >= 15 is 0 Å². The van der Waals surface area contributed by atoms with Crippen molar-refractivity contribution in [2.75, 3.05) is 0 Å². The molecule has 0 amide bonds. The minimum Gasteiger partial charge on any atom is -0.258 e. The molecule has 8 heteroatoms. The fourth-order valence-corrected chi connectivity index (χ4v) is 3.20. The third-order valence-electron chi connectivity index (χ3n) is 2.52. The third-order valence-corrected chi connectivity index (χ3v) is 4.18. The Labute approximate surface area is 111 Å². The highest BCUT2D eigenvalue weighted by Crippen LogP contribution is 2.26. The molecule has 0 saturated heterocycles. The molecule has 102 valence electrons. The Bertz CT molecular complexity index is 634. The van der Waals surface area contributed by atoms with Crippen LogP contribution in [0.4, 0.5) is 5.69 Å². The van der Waals surface area contributed by atoms with Crippen molar-refractivity contribution in [3.8, 4) is 6.07 Å². The van der Waals surface area contributed by atoms with Crippen LogP contribution in [0.15, 0.2) is 23.1 Å². The monoisotopic (exact) mass is 283 g/mol. The van der Waals surface area contributed by atoms with E-state index in [-0.39, 0.29) is 12.0 Å². The number of hydrogen-bond acceptors (Lipinski definition) is 5. The maximum atomic E-state index is 12.1. The summed E-state index contributed by atoms with van der Waals surface area (Å²) in [4.78, 5) is 9.74. The van der Waals surface area contributed by atoms with Gasteiger partial charge >= 0.3 is 0 Å². The average Bonchev–Trinajstić information content (AvgIpc) is 2.35. The average molecular weight is 283 g/mol. The second-order valence-corrected chi connectivity index (χ2v) is 5.54. The maximum absolute atomic E-state index is 12.1. The number of rotatable bonds is 5. The number of benzene rings is 1. The summed E-state index contributed by atoms with van der Waals surface area (Å²) >= 11 is 0. The standard InChI is InChI=1S/C11H13N3O4S/c1-3-9(7-12)13-19(17,18)11-8(2)5-4-6-10(11)14(15)16/h4-6,9,13H,3H2,1-2H3. The smallest absolute Gasteiger partial charge is 0.258 e. The zero-order valence-corrected chi connectivity index (χ0v) is 11.3. The molecule has 0 saturated carbocycles. The summed E-state index contributed by atoms with van der Waals surface area (Å²) in [5.41, 5.74) is -0.241. The van der Waals surface area contributed by atoms with Crippen LogP contribution in [0.25, 0.3) is 0 Å². The van der Waals surface area contributed by atoms with E-state index in [1.54, 1.807) is 13.0 Å². The van der Waals surface area contributed by atoms with Crippen LogP contribution in [-0.2, 0) is 10.0 Å². The molecule has 1 aromatic rings. The van der Waals surface area contributed by atoms with Crippen molar-refractivity contribution in [3.05, 3.63) is 33.9 Å². The second kappa shape index (κ2) is 5.77. The molecule has 0 aromatic heterocycles. The van der Waals surface area contributed by atoms with Crippen LogP contribution in [-0.4, -0.2) is 19.4 Å². The van der Waals surface area contributed by atoms with Gasteiger partial charge in [-0.05, 0) is 18.9 Å². The number of nitro groups is 1. The van der Waals surface area contributed by atoms with E-state index in [1.165, 1.54) is 19.1 Å². The first-order valence-electron chi connectivity index (χ1n) is 5.49. The molecule has 1 atom stereocenters. The van der Waals surface area contributed by atoms with Gasteiger partial charge in [-0.15, -0.1) is 0 Å². The molecule has 0 spiro atoms. The first kappa shape index (κ1) is 15.1. The Balaban J connectivity index is 3.37. The first-order chi connectivity index (χ1) is 8.83. The van der Waals surface area contributed by atoms with Crippen molar-refractivity contribution in [3.63, 3.8) is 0 Å². The van der Waals surface area contributed by atoms with Crippen LogP contribution < -0.4 is 4.72 Å². The van der Waals surface area contributed by atoms with Crippen LogP contribution >= 0.6 is 0 Å². The van der Waals surface area contributed by atoms with Crippen molar-refractivity contribution in [2.24, 2.45) is 0 Å². The molecule has 0 fully saturated rings. The van der Waals surface area contributed by atoms with E-state index in [1.807, 2.05) is 0 Å². The molecule has 0 radical (unpaired) electrons. The number of nitrogens with zero attached hydrogens (tertiary/aromatic N) is 2. The molecule has 0 bridgehead atoms. The van der Waals surface area contributed by atoms with Crippen molar-refractivity contribution in [1.29, 1.82) is 5.26 Å². The first-order valence-corrected chi connectivity index (χ1v) is 6.97. The van der Waals surface area contributed by atoms with E-state index in [4.69, 9.17) is 5.26 Å². The fourth-order valence-electron chi connectivity index (χ4n) is 1.58. The lowest BCUT2D eigenvalue weighted by Crippen LogP contribution is -2.34. The SMILES string of the molecule is CCC(C#N)NS(=O)(=O)c1c(C)cccc1[N+](=O)[O-]. The lowest BCUT2D eigenvalue weighted by Gasteiger charge is -2.12. The van der Waals surface area contributed by atoms with Crippen LogP contribution in [0.3, 0.4) is 0 Å². The number of aryl methyl sites for hydroxylation is 1. The quantitative estimate of drug-likeness (QED) is 0.649. The zero-order chi connectivity index (χ0) is 14.6. The van der Waals surface area contributed by atoms with Gasteiger partial charge in [-0.3, -0.25) is 10.1 Å². The lowest BCUT2D eigenvalue weighted by molar-refractivity contribution is -0.387. The number of hydrogen-bond donors (Lipinski definition) is 1. The van der Waals surface area contributed by atoms with Crippen molar-refractivity contribution in [1.82, 2.24) is 4.72 Å². The van der Waals surface area contributed by atoms with Gasteiger partial charge in [0.2, 0.25) is 10.0 Å². The normalized spacial score (nSPS) is 12.7. The second-order valence-electron chi connectivity index (χ2n) is 3.89. The molecule has 1 rings (SSSR count). The molecular weight excluding hydrogens is 270 g/mol. The molecule has 1 aromatic carbocycles. The number of sulfonamides is 1. The van der Waals surface area contributed by atoms with Gasteiger partial charge < -0.3 is 0 Å². The molecule has 0 heterocycles. The molecule has 1 unspecified atom stereocenters. The van der Waals surface area contributed by atoms with E-state index in [0.717, 1.165) is 6.07 Å². The minimum atomic E-state index is -4.10. The van der Waals surface area contributed by atoms with Crippen LogP contribution in [0.5, 0.6) is 0 Å². The topological polar surface area (TPSA) is 113 Å². The Hall–Kier alpha value is -1.98. The number of nitriles is 1. The van der Waals surface area contributed by atoms with Gasteiger partial charge in [0.1, 0.15) is 6.04 Å². The summed E-state index contributed by atoms with van der Waals surface area (Å²) < 4.78 is 26.4. The zero-order valence-electron chi connectivity index (χ0n) is 10.5. The summed E-state index contributed by atoms with van der Waals surface area (Å²) in [5, 5.41) is 19.7. The molecule has 7 nitrogen and oxygen atoms in total. The highest BCUT2D eigenvalue weighted by Gasteiger charge is 2.29. The molecule has 1 N–H and O–H groups in total. The van der Waals surface area contributed by atoms with Gasteiger partial charge in [0.25, 0.3) is 5.69 Å².